The molecule has 2 heterocycles. The summed E-state index contributed by atoms with van der Waals surface area (Å²) in [6, 6.07) is 21.6. The van der Waals surface area contributed by atoms with E-state index in [9.17, 15) is 4.79 Å². The smallest absolute Gasteiger partial charge is 0.272 e. The molecule has 29 heavy (non-hydrogen) atoms. The van der Waals surface area contributed by atoms with Crippen LogP contribution in [0.5, 0.6) is 5.75 Å². The number of methoxy groups -OCH3 is 1. The van der Waals surface area contributed by atoms with Gasteiger partial charge in [0.2, 0.25) is 0 Å². The van der Waals surface area contributed by atoms with Crippen LogP contribution < -0.4 is 15.0 Å². The Hall–Kier alpha value is -3.54. The lowest BCUT2D eigenvalue weighted by Crippen LogP contribution is -2.49. The number of piperazine rings is 1. The number of nitrogens with one attached hydrogen (secondary N) is 1. The Morgan fingerprint density at radius 2 is 1.66 bits per heavy atom. The van der Waals surface area contributed by atoms with E-state index in [2.05, 4.69) is 27.3 Å². The van der Waals surface area contributed by atoms with Crippen LogP contribution in [0.4, 0.5) is 17.1 Å². The first-order valence-electron chi connectivity index (χ1n) is 9.69. The molecule has 6 heteroatoms. The van der Waals surface area contributed by atoms with Gasteiger partial charge in [0.25, 0.3) is 5.91 Å². The molecule has 2 aromatic carbocycles. The molecule has 0 radical (unpaired) electrons. The van der Waals surface area contributed by atoms with Gasteiger partial charge in [-0.2, -0.15) is 0 Å². The van der Waals surface area contributed by atoms with Gasteiger partial charge < -0.3 is 19.9 Å². The van der Waals surface area contributed by atoms with Crippen molar-refractivity contribution in [2.45, 2.75) is 0 Å². The van der Waals surface area contributed by atoms with Gasteiger partial charge in [0.05, 0.1) is 7.11 Å². The van der Waals surface area contributed by atoms with Crippen LogP contribution in [-0.2, 0) is 0 Å². The van der Waals surface area contributed by atoms with Crippen molar-refractivity contribution in [1.29, 1.82) is 0 Å². The van der Waals surface area contributed by atoms with Gasteiger partial charge in [0, 0.05) is 49.4 Å². The van der Waals surface area contributed by atoms with Crippen LogP contribution in [0.1, 0.15) is 10.5 Å². The molecule has 6 nitrogen and oxygen atoms in total. The maximum absolute atomic E-state index is 12.9. The van der Waals surface area contributed by atoms with Crippen LogP contribution in [0.25, 0.3) is 0 Å². The van der Waals surface area contributed by atoms with Crippen LogP contribution in [-0.4, -0.2) is 49.1 Å². The maximum Gasteiger partial charge on any atom is 0.272 e. The van der Waals surface area contributed by atoms with E-state index in [4.69, 9.17) is 4.74 Å². The fourth-order valence-corrected chi connectivity index (χ4v) is 3.44. The highest BCUT2D eigenvalue weighted by atomic mass is 16.5. The van der Waals surface area contributed by atoms with Crippen molar-refractivity contribution in [3.05, 3.63) is 78.6 Å². The summed E-state index contributed by atoms with van der Waals surface area (Å²) in [4.78, 5) is 21.4. The monoisotopic (exact) mass is 388 g/mol. The van der Waals surface area contributed by atoms with Crippen molar-refractivity contribution in [3.63, 3.8) is 0 Å². The normalized spacial score (nSPS) is 13.8. The highest BCUT2D eigenvalue weighted by Gasteiger charge is 2.23. The molecule has 1 saturated heterocycles. The van der Waals surface area contributed by atoms with Gasteiger partial charge in [-0.25, -0.2) is 0 Å². The lowest BCUT2D eigenvalue weighted by Gasteiger charge is -2.36. The second-order valence-corrected chi connectivity index (χ2v) is 6.90. The number of hydrogen-bond acceptors (Lipinski definition) is 5. The number of ether oxygens (including phenoxy) is 1. The largest absolute Gasteiger partial charge is 0.497 e. The number of benzene rings is 2. The van der Waals surface area contributed by atoms with Gasteiger partial charge in [-0.15, -0.1) is 0 Å². The molecular formula is C23H24N4O2. The molecular weight excluding hydrogens is 364 g/mol. The summed E-state index contributed by atoms with van der Waals surface area (Å²) in [6.07, 6.45) is 1.67. The average Bonchev–Trinajstić information content (AvgIpc) is 2.80. The summed E-state index contributed by atoms with van der Waals surface area (Å²) in [7, 11) is 1.66. The lowest BCUT2D eigenvalue weighted by atomic mass is 10.2. The Labute approximate surface area is 170 Å². The number of amides is 1. The highest BCUT2D eigenvalue weighted by Crippen LogP contribution is 2.21. The zero-order chi connectivity index (χ0) is 20.1. The molecule has 1 aliphatic heterocycles. The Balaban J connectivity index is 1.38. The highest BCUT2D eigenvalue weighted by molar-refractivity contribution is 5.93. The van der Waals surface area contributed by atoms with Crippen molar-refractivity contribution in [2.75, 3.05) is 43.5 Å². The quantitative estimate of drug-likeness (QED) is 0.721. The fourth-order valence-electron chi connectivity index (χ4n) is 3.44. The predicted molar refractivity (Wildman–Crippen MR) is 115 cm³/mol. The van der Waals surface area contributed by atoms with E-state index < -0.39 is 0 Å². The number of carbonyl (C=O) groups is 1. The van der Waals surface area contributed by atoms with Gasteiger partial charge in [0.1, 0.15) is 11.4 Å². The second kappa shape index (κ2) is 8.65. The Kier molecular flexibility index (Phi) is 5.61. The molecule has 1 fully saturated rings. The van der Waals surface area contributed by atoms with Gasteiger partial charge in [-0.3, -0.25) is 9.78 Å². The van der Waals surface area contributed by atoms with Crippen LogP contribution in [0.15, 0.2) is 72.9 Å². The molecule has 0 spiro atoms. The molecule has 0 aliphatic carbocycles. The van der Waals surface area contributed by atoms with Crippen molar-refractivity contribution in [2.24, 2.45) is 0 Å². The van der Waals surface area contributed by atoms with Crippen LogP contribution in [0.2, 0.25) is 0 Å². The van der Waals surface area contributed by atoms with Crippen LogP contribution >= 0.6 is 0 Å². The average molecular weight is 388 g/mol. The summed E-state index contributed by atoms with van der Waals surface area (Å²) in [5.74, 6) is 0.814. The number of hydrogen-bond donors (Lipinski definition) is 1. The number of rotatable bonds is 5. The van der Waals surface area contributed by atoms with E-state index in [0.717, 1.165) is 35.9 Å². The molecule has 0 saturated carbocycles. The summed E-state index contributed by atoms with van der Waals surface area (Å²) in [5.41, 5.74) is 3.44. The Morgan fingerprint density at radius 1 is 0.931 bits per heavy atom. The number of para-hydroxylation sites is 1. The predicted octanol–water partition coefficient (Wildman–Crippen LogP) is 3.80. The first-order chi connectivity index (χ1) is 14.2. The van der Waals surface area contributed by atoms with Crippen LogP contribution in [0.3, 0.4) is 0 Å². The SMILES string of the molecule is COc1ccc(N2CCN(C(=O)c3cc(Nc4ccccc4)ccn3)CC2)cc1. The molecule has 0 unspecified atom stereocenters. The number of carbonyl (C=O) groups excluding carboxylic acids is 1. The summed E-state index contributed by atoms with van der Waals surface area (Å²) in [6.45, 7) is 2.92. The molecule has 0 bridgehead atoms. The minimum atomic E-state index is -0.0314. The molecule has 4 rings (SSSR count). The van der Waals surface area contributed by atoms with Crippen molar-refractivity contribution < 1.29 is 9.53 Å². The Bertz CT molecular complexity index is 952. The number of anilines is 3. The van der Waals surface area contributed by atoms with E-state index in [1.165, 1.54) is 0 Å². The third-order valence-corrected chi connectivity index (χ3v) is 5.05. The van der Waals surface area contributed by atoms with E-state index in [1.807, 2.05) is 59.5 Å². The molecule has 0 atom stereocenters. The van der Waals surface area contributed by atoms with E-state index >= 15 is 0 Å². The zero-order valence-corrected chi connectivity index (χ0v) is 16.4. The molecule has 1 aliphatic rings. The molecule has 1 aromatic heterocycles. The Morgan fingerprint density at radius 3 is 2.34 bits per heavy atom. The topological polar surface area (TPSA) is 57.7 Å². The maximum atomic E-state index is 12.9. The molecule has 3 aromatic rings. The number of pyridine rings is 1. The van der Waals surface area contributed by atoms with E-state index in [-0.39, 0.29) is 5.91 Å². The molecule has 148 valence electrons. The van der Waals surface area contributed by atoms with Gasteiger partial charge in [-0.05, 0) is 48.5 Å². The minimum absolute atomic E-state index is 0.0314. The van der Waals surface area contributed by atoms with Crippen molar-refractivity contribution >= 4 is 23.0 Å². The third-order valence-electron chi connectivity index (χ3n) is 5.05. The van der Waals surface area contributed by atoms with Crippen molar-refractivity contribution in [1.82, 2.24) is 9.88 Å². The first-order valence-corrected chi connectivity index (χ1v) is 9.69. The number of nitrogens with zero attached hydrogens (tertiary/aromatic N) is 3. The van der Waals surface area contributed by atoms with E-state index in [0.29, 0.717) is 18.8 Å². The minimum Gasteiger partial charge on any atom is -0.497 e. The summed E-state index contributed by atoms with van der Waals surface area (Å²) < 4.78 is 5.22. The van der Waals surface area contributed by atoms with Crippen molar-refractivity contribution in [3.8, 4) is 5.75 Å². The third kappa shape index (κ3) is 4.48. The summed E-state index contributed by atoms with van der Waals surface area (Å²) in [5, 5.41) is 3.31. The molecule has 1 N–H and O–H groups in total. The summed E-state index contributed by atoms with van der Waals surface area (Å²) >= 11 is 0. The first kappa shape index (κ1) is 18.8. The zero-order valence-electron chi connectivity index (χ0n) is 16.4. The van der Waals surface area contributed by atoms with Gasteiger partial charge >= 0.3 is 0 Å². The van der Waals surface area contributed by atoms with Gasteiger partial charge in [-0.1, -0.05) is 18.2 Å². The second-order valence-electron chi connectivity index (χ2n) is 6.90. The number of aromatic nitrogens is 1. The lowest BCUT2D eigenvalue weighted by molar-refractivity contribution is 0.0741. The molecule has 1 amide bonds. The van der Waals surface area contributed by atoms with E-state index in [1.54, 1.807) is 13.3 Å². The standard InChI is InChI=1S/C23H24N4O2/c1-29-21-9-7-20(8-10-21)26-13-15-27(16-14-26)23(28)22-17-19(11-12-24-22)25-18-5-3-2-4-6-18/h2-12,17H,13-16H2,1H3,(H,24,25). The van der Waals surface area contributed by atoms with Gasteiger partial charge in [0.15, 0.2) is 0 Å². The van der Waals surface area contributed by atoms with Crippen LogP contribution in [0, 0.1) is 0 Å². The fraction of sp³-hybridized carbons (Fsp3) is 0.217.